The minimum absolute atomic E-state index is 0.174. The van der Waals surface area contributed by atoms with Gasteiger partial charge >= 0.3 is 0 Å². The van der Waals surface area contributed by atoms with E-state index in [1.165, 1.54) is 0 Å². The van der Waals surface area contributed by atoms with Gasteiger partial charge in [-0.25, -0.2) is 0 Å². The number of furan rings is 1. The SMILES string of the molecule is CCOCCCNC(=O)c1cc2cccc(C)c2o1. The van der Waals surface area contributed by atoms with Crippen LogP contribution in [0.25, 0.3) is 11.0 Å². The van der Waals surface area contributed by atoms with Crippen LogP contribution in [0.1, 0.15) is 29.5 Å². The van der Waals surface area contributed by atoms with E-state index in [9.17, 15) is 4.79 Å². The van der Waals surface area contributed by atoms with Gasteiger partial charge in [-0.3, -0.25) is 4.79 Å². The summed E-state index contributed by atoms with van der Waals surface area (Å²) in [7, 11) is 0. The van der Waals surface area contributed by atoms with Crippen molar-refractivity contribution in [2.75, 3.05) is 19.8 Å². The van der Waals surface area contributed by atoms with Gasteiger partial charge in [0.2, 0.25) is 0 Å². The van der Waals surface area contributed by atoms with Gasteiger partial charge in [0.15, 0.2) is 5.76 Å². The normalized spacial score (nSPS) is 10.8. The van der Waals surface area contributed by atoms with E-state index in [2.05, 4.69) is 5.32 Å². The summed E-state index contributed by atoms with van der Waals surface area (Å²) in [5.74, 6) is 0.188. The topological polar surface area (TPSA) is 51.5 Å². The first-order chi connectivity index (χ1) is 9.22. The van der Waals surface area contributed by atoms with Crippen LogP contribution in [-0.4, -0.2) is 25.7 Å². The van der Waals surface area contributed by atoms with E-state index in [0.717, 1.165) is 23.0 Å². The fourth-order valence-corrected chi connectivity index (χ4v) is 1.93. The number of benzene rings is 1. The summed E-state index contributed by atoms with van der Waals surface area (Å²) >= 11 is 0. The molecule has 0 aliphatic rings. The summed E-state index contributed by atoms with van der Waals surface area (Å²) in [5, 5.41) is 3.78. The van der Waals surface area contributed by atoms with E-state index in [4.69, 9.17) is 9.15 Å². The number of rotatable bonds is 6. The molecular formula is C15H19NO3. The molecule has 19 heavy (non-hydrogen) atoms. The number of aryl methyl sites for hydroxylation is 1. The first-order valence-electron chi connectivity index (χ1n) is 6.57. The van der Waals surface area contributed by atoms with E-state index < -0.39 is 0 Å². The second-order valence-corrected chi connectivity index (χ2v) is 4.41. The highest BCUT2D eigenvalue weighted by atomic mass is 16.5. The lowest BCUT2D eigenvalue weighted by atomic mass is 10.2. The molecule has 0 spiro atoms. The molecule has 1 amide bonds. The maximum Gasteiger partial charge on any atom is 0.287 e. The van der Waals surface area contributed by atoms with Crippen molar-refractivity contribution in [3.63, 3.8) is 0 Å². The summed E-state index contributed by atoms with van der Waals surface area (Å²) in [4.78, 5) is 11.9. The van der Waals surface area contributed by atoms with Crippen LogP contribution >= 0.6 is 0 Å². The fourth-order valence-electron chi connectivity index (χ4n) is 1.93. The van der Waals surface area contributed by atoms with Crippen molar-refractivity contribution in [3.05, 3.63) is 35.6 Å². The molecule has 0 fully saturated rings. The molecule has 0 atom stereocenters. The lowest BCUT2D eigenvalue weighted by molar-refractivity contribution is 0.0919. The van der Waals surface area contributed by atoms with Crippen LogP contribution in [0.15, 0.2) is 28.7 Å². The van der Waals surface area contributed by atoms with Crippen molar-refractivity contribution in [3.8, 4) is 0 Å². The molecule has 1 aromatic heterocycles. The Labute approximate surface area is 112 Å². The van der Waals surface area contributed by atoms with Crippen LogP contribution in [-0.2, 0) is 4.74 Å². The second-order valence-electron chi connectivity index (χ2n) is 4.41. The molecule has 0 bridgehead atoms. The third-order valence-corrected chi connectivity index (χ3v) is 2.92. The summed E-state index contributed by atoms with van der Waals surface area (Å²) in [5.41, 5.74) is 1.81. The maximum atomic E-state index is 11.9. The van der Waals surface area contributed by atoms with Crippen LogP contribution in [0, 0.1) is 6.92 Å². The van der Waals surface area contributed by atoms with Crippen LogP contribution in [0.4, 0.5) is 0 Å². The molecule has 2 aromatic rings. The maximum absolute atomic E-state index is 11.9. The van der Waals surface area contributed by atoms with Crippen molar-refractivity contribution in [2.45, 2.75) is 20.3 Å². The number of hydrogen-bond acceptors (Lipinski definition) is 3. The van der Waals surface area contributed by atoms with Crippen molar-refractivity contribution < 1.29 is 13.9 Å². The van der Waals surface area contributed by atoms with Crippen molar-refractivity contribution in [1.29, 1.82) is 0 Å². The zero-order valence-corrected chi connectivity index (χ0v) is 11.4. The number of amides is 1. The average molecular weight is 261 g/mol. The standard InChI is InChI=1S/C15H19NO3/c1-3-18-9-5-8-16-15(17)13-10-12-7-4-6-11(2)14(12)19-13/h4,6-7,10H,3,5,8-9H2,1-2H3,(H,16,17). The molecular weight excluding hydrogens is 242 g/mol. The van der Waals surface area contributed by atoms with Gasteiger partial charge in [0.25, 0.3) is 5.91 Å². The molecule has 2 rings (SSSR count). The Bertz CT molecular complexity index is 560. The van der Waals surface area contributed by atoms with Crippen molar-refractivity contribution in [1.82, 2.24) is 5.32 Å². The number of fused-ring (bicyclic) bond motifs is 1. The Morgan fingerprint density at radius 1 is 1.42 bits per heavy atom. The van der Waals surface area contributed by atoms with Crippen LogP contribution in [0.5, 0.6) is 0 Å². The smallest absolute Gasteiger partial charge is 0.287 e. The molecule has 102 valence electrons. The van der Waals surface area contributed by atoms with Gasteiger partial charge < -0.3 is 14.5 Å². The molecule has 1 aromatic carbocycles. The number of hydrogen-bond donors (Lipinski definition) is 1. The van der Waals surface area contributed by atoms with Gasteiger partial charge in [-0.15, -0.1) is 0 Å². The minimum Gasteiger partial charge on any atom is -0.451 e. The zero-order chi connectivity index (χ0) is 13.7. The highest BCUT2D eigenvalue weighted by Crippen LogP contribution is 2.22. The van der Waals surface area contributed by atoms with Gasteiger partial charge in [-0.05, 0) is 31.9 Å². The third kappa shape index (κ3) is 3.35. The van der Waals surface area contributed by atoms with Crippen LogP contribution < -0.4 is 5.32 Å². The molecule has 4 nitrogen and oxygen atoms in total. The molecule has 0 saturated carbocycles. The van der Waals surface area contributed by atoms with E-state index in [1.54, 1.807) is 6.07 Å². The van der Waals surface area contributed by atoms with Gasteiger partial charge in [-0.2, -0.15) is 0 Å². The molecule has 0 unspecified atom stereocenters. The van der Waals surface area contributed by atoms with Crippen LogP contribution in [0.2, 0.25) is 0 Å². The van der Waals surface area contributed by atoms with Gasteiger partial charge in [0.1, 0.15) is 5.58 Å². The first-order valence-corrected chi connectivity index (χ1v) is 6.57. The van der Waals surface area contributed by atoms with E-state index >= 15 is 0 Å². The number of nitrogens with one attached hydrogen (secondary N) is 1. The predicted octanol–water partition coefficient (Wildman–Crippen LogP) is 2.90. The fraction of sp³-hybridized carbons (Fsp3) is 0.400. The molecule has 0 aliphatic carbocycles. The Hall–Kier alpha value is -1.81. The Balaban J connectivity index is 1.96. The number of para-hydroxylation sites is 1. The highest BCUT2D eigenvalue weighted by Gasteiger charge is 2.12. The molecule has 1 N–H and O–H groups in total. The quantitative estimate of drug-likeness (QED) is 0.813. The lowest BCUT2D eigenvalue weighted by Gasteiger charge is -2.03. The lowest BCUT2D eigenvalue weighted by Crippen LogP contribution is -2.24. The molecule has 1 heterocycles. The Morgan fingerprint density at radius 3 is 3.00 bits per heavy atom. The summed E-state index contributed by atoms with van der Waals surface area (Å²) in [6.45, 7) is 5.88. The number of ether oxygens (including phenoxy) is 1. The van der Waals surface area contributed by atoms with Gasteiger partial charge in [0, 0.05) is 25.1 Å². The summed E-state index contributed by atoms with van der Waals surface area (Å²) < 4.78 is 10.8. The van der Waals surface area contributed by atoms with E-state index in [-0.39, 0.29) is 5.91 Å². The van der Waals surface area contributed by atoms with Gasteiger partial charge in [-0.1, -0.05) is 18.2 Å². The predicted molar refractivity (Wildman–Crippen MR) is 74.4 cm³/mol. The number of carbonyl (C=O) groups is 1. The van der Waals surface area contributed by atoms with E-state index in [0.29, 0.717) is 25.5 Å². The highest BCUT2D eigenvalue weighted by molar-refractivity contribution is 5.96. The van der Waals surface area contributed by atoms with Crippen molar-refractivity contribution in [2.24, 2.45) is 0 Å². The molecule has 0 aliphatic heterocycles. The largest absolute Gasteiger partial charge is 0.451 e. The van der Waals surface area contributed by atoms with E-state index in [1.807, 2.05) is 32.0 Å². The number of carbonyl (C=O) groups excluding carboxylic acids is 1. The third-order valence-electron chi connectivity index (χ3n) is 2.92. The minimum atomic E-state index is -0.174. The Morgan fingerprint density at radius 2 is 2.26 bits per heavy atom. The summed E-state index contributed by atoms with van der Waals surface area (Å²) in [6.07, 6.45) is 0.804. The first kappa shape index (κ1) is 13.6. The van der Waals surface area contributed by atoms with Crippen molar-refractivity contribution >= 4 is 16.9 Å². The average Bonchev–Trinajstić information content (AvgIpc) is 2.84. The van der Waals surface area contributed by atoms with Gasteiger partial charge in [0.05, 0.1) is 0 Å². The van der Waals surface area contributed by atoms with Crippen LogP contribution in [0.3, 0.4) is 0 Å². The molecule has 0 radical (unpaired) electrons. The Kier molecular flexibility index (Phi) is 4.58. The second kappa shape index (κ2) is 6.38. The molecule has 4 heteroatoms. The monoisotopic (exact) mass is 261 g/mol. The summed E-state index contributed by atoms with van der Waals surface area (Å²) in [6, 6.07) is 7.64. The zero-order valence-electron chi connectivity index (χ0n) is 11.4. The molecule has 0 saturated heterocycles.